The summed E-state index contributed by atoms with van der Waals surface area (Å²) in [5.74, 6) is -0.301. The van der Waals surface area contributed by atoms with Crippen molar-refractivity contribution in [1.29, 1.82) is 0 Å². The van der Waals surface area contributed by atoms with Crippen LogP contribution < -0.4 is 0 Å². The molecule has 0 aromatic rings. The van der Waals surface area contributed by atoms with Crippen LogP contribution >= 0.6 is 0 Å². The predicted molar refractivity (Wildman–Crippen MR) is 68.2 cm³/mol. The van der Waals surface area contributed by atoms with Gasteiger partial charge in [-0.3, -0.25) is 9.59 Å². The molecule has 0 N–H and O–H groups in total. The fraction of sp³-hybridized carbons (Fsp3) is 0.643. The lowest BCUT2D eigenvalue weighted by Gasteiger charge is -2.27. The number of methoxy groups -OCH3 is 2. The molecule has 0 fully saturated rings. The van der Waals surface area contributed by atoms with Crippen LogP contribution in [0.2, 0.25) is 0 Å². The van der Waals surface area contributed by atoms with Crippen molar-refractivity contribution in [3.8, 4) is 0 Å². The highest BCUT2D eigenvalue weighted by Gasteiger charge is 2.53. The summed E-state index contributed by atoms with van der Waals surface area (Å²) in [5.41, 5.74) is -0.611. The molecule has 0 bridgehead atoms. The maximum absolute atomic E-state index is 12.2. The summed E-state index contributed by atoms with van der Waals surface area (Å²) < 4.78 is 10.2. The van der Waals surface area contributed by atoms with Gasteiger partial charge >= 0.3 is 5.97 Å². The molecule has 5 nitrogen and oxygen atoms in total. The van der Waals surface area contributed by atoms with Crippen molar-refractivity contribution in [2.45, 2.75) is 33.1 Å². The quantitative estimate of drug-likeness (QED) is 0.541. The van der Waals surface area contributed by atoms with E-state index in [9.17, 15) is 14.4 Å². The number of esters is 1. The number of hydrogen-bond donors (Lipinski definition) is 0. The summed E-state index contributed by atoms with van der Waals surface area (Å²) in [7, 11) is 2.71. The van der Waals surface area contributed by atoms with E-state index in [4.69, 9.17) is 9.47 Å². The van der Waals surface area contributed by atoms with Gasteiger partial charge in [0.1, 0.15) is 17.5 Å². The summed E-state index contributed by atoms with van der Waals surface area (Å²) in [6.07, 6.45) is 1.16. The zero-order valence-electron chi connectivity index (χ0n) is 11.8. The lowest BCUT2D eigenvalue weighted by molar-refractivity contribution is -0.153. The Morgan fingerprint density at radius 1 is 1.42 bits per heavy atom. The number of allylic oxidation sites excluding steroid dienone is 1. The molecule has 0 heterocycles. The van der Waals surface area contributed by atoms with Gasteiger partial charge in [0.2, 0.25) is 0 Å². The van der Waals surface area contributed by atoms with Crippen molar-refractivity contribution in [1.82, 2.24) is 0 Å². The molecule has 1 atom stereocenters. The third kappa shape index (κ3) is 2.55. The summed E-state index contributed by atoms with van der Waals surface area (Å²) in [4.78, 5) is 34.9. The van der Waals surface area contributed by atoms with E-state index in [1.54, 1.807) is 0 Å². The molecule has 0 aromatic heterocycles. The van der Waals surface area contributed by atoms with Crippen molar-refractivity contribution in [2.75, 3.05) is 14.2 Å². The molecule has 1 aliphatic rings. The molecule has 1 rings (SSSR count). The first-order chi connectivity index (χ1) is 8.94. The monoisotopic (exact) mass is 268 g/mol. The molecule has 106 valence electrons. The summed E-state index contributed by atoms with van der Waals surface area (Å²) >= 11 is 0. The van der Waals surface area contributed by atoms with Crippen LogP contribution in [0, 0.1) is 11.3 Å². The van der Waals surface area contributed by atoms with Gasteiger partial charge in [-0.25, -0.2) is 0 Å². The van der Waals surface area contributed by atoms with Crippen molar-refractivity contribution in [2.24, 2.45) is 11.3 Å². The van der Waals surface area contributed by atoms with E-state index in [2.05, 4.69) is 0 Å². The van der Waals surface area contributed by atoms with Crippen LogP contribution in [0.15, 0.2) is 11.3 Å². The van der Waals surface area contributed by atoms with Crippen LogP contribution in [0.5, 0.6) is 0 Å². The summed E-state index contributed by atoms with van der Waals surface area (Å²) in [6, 6.07) is 0. The molecular weight excluding hydrogens is 248 g/mol. The Hall–Kier alpha value is -1.65. The molecule has 5 heteroatoms. The fourth-order valence-corrected chi connectivity index (χ4v) is 2.69. The first-order valence-corrected chi connectivity index (χ1v) is 6.28. The van der Waals surface area contributed by atoms with Crippen LogP contribution in [0.3, 0.4) is 0 Å². The number of ether oxygens (including phenoxy) is 2. The van der Waals surface area contributed by atoms with E-state index < -0.39 is 11.4 Å². The molecule has 1 unspecified atom stereocenters. The highest BCUT2D eigenvalue weighted by atomic mass is 16.5. The molecule has 0 aromatic carbocycles. The second-order valence-electron chi connectivity index (χ2n) is 4.98. The minimum Gasteiger partial charge on any atom is -0.499 e. The van der Waals surface area contributed by atoms with Gasteiger partial charge in [-0.15, -0.1) is 0 Å². The standard InChI is InChI=1S/C14H20O5/c1-9(2)11-10(16)8-14(6-5-7-15,12(11)18-3)13(17)19-4/h7,9H,5-6,8H2,1-4H3. The molecular formula is C14H20O5. The third-order valence-electron chi connectivity index (χ3n) is 3.49. The maximum atomic E-state index is 12.2. The Kier molecular flexibility index (Phi) is 4.86. The van der Waals surface area contributed by atoms with Gasteiger partial charge in [0, 0.05) is 18.4 Å². The molecule has 0 spiro atoms. The topological polar surface area (TPSA) is 69.7 Å². The number of hydrogen-bond acceptors (Lipinski definition) is 5. The number of carbonyl (C=O) groups is 3. The van der Waals surface area contributed by atoms with Crippen LogP contribution in [-0.4, -0.2) is 32.3 Å². The van der Waals surface area contributed by atoms with Gasteiger partial charge < -0.3 is 14.3 Å². The zero-order valence-corrected chi connectivity index (χ0v) is 11.8. The van der Waals surface area contributed by atoms with Gasteiger partial charge in [-0.05, 0) is 12.3 Å². The molecule has 0 saturated carbocycles. The average molecular weight is 268 g/mol. The average Bonchev–Trinajstić information content (AvgIpc) is 2.68. The van der Waals surface area contributed by atoms with E-state index in [-0.39, 0.29) is 31.0 Å². The van der Waals surface area contributed by atoms with Gasteiger partial charge in [0.15, 0.2) is 5.78 Å². The van der Waals surface area contributed by atoms with Crippen LogP contribution in [0.25, 0.3) is 0 Å². The second-order valence-corrected chi connectivity index (χ2v) is 4.98. The van der Waals surface area contributed by atoms with Crippen LogP contribution in [0.1, 0.15) is 33.1 Å². The van der Waals surface area contributed by atoms with Crippen molar-refractivity contribution < 1.29 is 23.9 Å². The molecule has 0 aliphatic heterocycles. The minimum absolute atomic E-state index is 0.0181. The maximum Gasteiger partial charge on any atom is 0.320 e. The Morgan fingerprint density at radius 3 is 2.47 bits per heavy atom. The molecule has 19 heavy (non-hydrogen) atoms. The molecule has 1 aliphatic carbocycles. The van der Waals surface area contributed by atoms with Crippen molar-refractivity contribution in [3.63, 3.8) is 0 Å². The van der Waals surface area contributed by atoms with Gasteiger partial charge in [-0.1, -0.05) is 13.8 Å². The second kappa shape index (κ2) is 5.99. The van der Waals surface area contributed by atoms with Gasteiger partial charge in [0.25, 0.3) is 0 Å². The van der Waals surface area contributed by atoms with Crippen LogP contribution in [0.4, 0.5) is 0 Å². The van der Waals surface area contributed by atoms with E-state index >= 15 is 0 Å². The van der Waals surface area contributed by atoms with Crippen LogP contribution in [-0.2, 0) is 23.9 Å². The normalized spacial score (nSPS) is 22.9. The number of carbonyl (C=O) groups excluding carboxylic acids is 3. The molecule has 0 radical (unpaired) electrons. The Bertz CT molecular complexity index is 422. The lowest BCUT2D eigenvalue weighted by atomic mass is 9.81. The number of Topliss-reactive ketones (excluding diaryl/α,β-unsaturated/α-hetero) is 1. The number of ketones is 1. The SMILES string of the molecule is COC(=O)C1(CCC=O)CC(=O)C(C(C)C)=C1OC. The van der Waals surface area contributed by atoms with E-state index in [1.807, 2.05) is 13.8 Å². The molecule has 0 saturated heterocycles. The van der Waals surface area contributed by atoms with E-state index in [0.717, 1.165) is 6.29 Å². The van der Waals surface area contributed by atoms with E-state index in [1.165, 1.54) is 14.2 Å². The van der Waals surface area contributed by atoms with Gasteiger partial charge in [-0.2, -0.15) is 0 Å². The lowest BCUT2D eigenvalue weighted by Crippen LogP contribution is -2.33. The smallest absolute Gasteiger partial charge is 0.320 e. The van der Waals surface area contributed by atoms with Gasteiger partial charge in [0.05, 0.1) is 14.2 Å². The first-order valence-electron chi connectivity index (χ1n) is 6.28. The summed E-state index contributed by atoms with van der Waals surface area (Å²) in [5, 5.41) is 0. The fourth-order valence-electron chi connectivity index (χ4n) is 2.69. The van der Waals surface area contributed by atoms with Crippen molar-refractivity contribution in [3.05, 3.63) is 11.3 Å². The number of rotatable bonds is 6. The molecule has 0 amide bonds. The first kappa shape index (κ1) is 15.4. The number of aldehydes is 1. The Morgan fingerprint density at radius 2 is 2.05 bits per heavy atom. The minimum atomic E-state index is -1.14. The highest BCUT2D eigenvalue weighted by molar-refractivity contribution is 6.05. The summed E-state index contributed by atoms with van der Waals surface area (Å²) in [6.45, 7) is 3.75. The Balaban J connectivity index is 3.35. The zero-order chi connectivity index (χ0) is 14.6. The Labute approximate surface area is 112 Å². The van der Waals surface area contributed by atoms with E-state index in [0.29, 0.717) is 11.3 Å². The highest BCUT2D eigenvalue weighted by Crippen LogP contribution is 2.47. The van der Waals surface area contributed by atoms with Crippen molar-refractivity contribution >= 4 is 18.0 Å². The third-order valence-corrected chi connectivity index (χ3v) is 3.49. The predicted octanol–water partition coefficient (Wildman–Crippen LogP) is 1.65. The largest absolute Gasteiger partial charge is 0.499 e.